The molecule has 0 aliphatic heterocycles. The third-order valence-corrected chi connectivity index (χ3v) is 6.92. The molecule has 0 unspecified atom stereocenters. The second-order valence-electron chi connectivity index (χ2n) is 8.36. The predicted octanol–water partition coefficient (Wildman–Crippen LogP) is 5.08. The fourth-order valence-corrected chi connectivity index (χ4v) is 4.93. The highest BCUT2D eigenvalue weighted by molar-refractivity contribution is 8.00. The van der Waals surface area contributed by atoms with Gasteiger partial charge in [0.15, 0.2) is 0 Å². The van der Waals surface area contributed by atoms with Crippen LogP contribution in [0.2, 0.25) is 0 Å². The molecule has 1 N–H and O–H groups in total. The number of hydrogen-bond donors (Lipinski definition) is 1. The minimum atomic E-state index is -0.114. The van der Waals surface area contributed by atoms with E-state index in [2.05, 4.69) is 5.32 Å². The van der Waals surface area contributed by atoms with Crippen molar-refractivity contribution in [1.29, 1.82) is 0 Å². The number of benzene rings is 2. The molecule has 0 saturated heterocycles. The smallest absolute Gasteiger partial charge is 0.252 e. The molecular weight excluding hydrogens is 420 g/mol. The third kappa shape index (κ3) is 7.30. The minimum Gasteiger partial charge on any atom is -0.494 e. The molecule has 0 radical (unpaired) electrons. The maximum Gasteiger partial charge on any atom is 0.252 e. The number of nitrogens with zero attached hydrogens (tertiary/aromatic N) is 1. The van der Waals surface area contributed by atoms with E-state index in [1.54, 1.807) is 0 Å². The Balaban J connectivity index is 1.44. The largest absolute Gasteiger partial charge is 0.494 e. The first-order valence-corrected chi connectivity index (χ1v) is 12.5. The molecule has 172 valence electrons. The van der Waals surface area contributed by atoms with Gasteiger partial charge in [0.05, 0.1) is 17.9 Å². The Hall–Kier alpha value is -2.47. The average Bonchev–Trinajstić information content (AvgIpc) is 2.82. The van der Waals surface area contributed by atoms with Crippen molar-refractivity contribution >= 4 is 23.6 Å². The lowest BCUT2D eigenvalue weighted by atomic mass is 9.94. The average molecular weight is 455 g/mol. The van der Waals surface area contributed by atoms with Gasteiger partial charge in [0, 0.05) is 24.5 Å². The highest BCUT2D eigenvalue weighted by Crippen LogP contribution is 2.25. The van der Waals surface area contributed by atoms with Gasteiger partial charge in [-0.15, -0.1) is 11.8 Å². The van der Waals surface area contributed by atoms with Gasteiger partial charge in [0.25, 0.3) is 5.91 Å². The molecule has 0 heterocycles. The SMILES string of the molecule is Cc1cccc(OCCCNC(=O)c2ccccc2SCC(=O)N(C)C2CCCCC2)c1. The second-order valence-corrected chi connectivity index (χ2v) is 9.37. The zero-order valence-corrected chi connectivity index (χ0v) is 20.0. The van der Waals surface area contributed by atoms with Gasteiger partial charge < -0.3 is 15.0 Å². The lowest BCUT2D eigenvalue weighted by molar-refractivity contribution is -0.129. The number of nitrogens with one attached hydrogen (secondary N) is 1. The van der Waals surface area contributed by atoms with Gasteiger partial charge in [-0.2, -0.15) is 0 Å². The number of thioether (sulfide) groups is 1. The molecule has 32 heavy (non-hydrogen) atoms. The first-order chi connectivity index (χ1) is 15.5. The molecular formula is C26H34N2O3S. The molecule has 0 aromatic heterocycles. The van der Waals surface area contributed by atoms with E-state index in [0.29, 0.717) is 30.5 Å². The van der Waals surface area contributed by atoms with Crippen molar-refractivity contribution in [3.63, 3.8) is 0 Å². The van der Waals surface area contributed by atoms with Crippen molar-refractivity contribution in [2.75, 3.05) is 26.0 Å². The second kappa shape index (κ2) is 12.5. The van der Waals surface area contributed by atoms with E-state index in [-0.39, 0.29) is 11.8 Å². The standard InChI is InChI=1S/C26H34N2O3S/c1-20-10-8-13-22(18-20)31-17-9-16-27-26(30)23-14-6-7-15-24(23)32-19-25(29)28(2)21-11-4-3-5-12-21/h6-8,10,13-15,18,21H,3-5,9,11-12,16-17,19H2,1-2H3,(H,27,30). The highest BCUT2D eigenvalue weighted by atomic mass is 32.2. The summed E-state index contributed by atoms with van der Waals surface area (Å²) in [5, 5.41) is 2.97. The molecule has 0 atom stereocenters. The number of amides is 2. The zero-order valence-electron chi connectivity index (χ0n) is 19.1. The Morgan fingerprint density at radius 3 is 2.66 bits per heavy atom. The Bertz CT molecular complexity index is 896. The van der Waals surface area contributed by atoms with Crippen LogP contribution >= 0.6 is 11.8 Å². The maximum atomic E-state index is 12.7. The topological polar surface area (TPSA) is 58.6 Å². The molecule has 2 aromatic rings. The Labute approximate surface area is 195 Å². The summed E-state index contributed by atoms with van der Waals surface area (Å²) in [4.78, 5) is 28.1. The van der Waals surface area contributed by atoms with Crippen molar-refractivity contribution < 1.29 is 14.3 Å². The van der Waals surface area contributed by atoms with E-state index < -0.39 is 0 Å². The zero-order chi connectivity index (χ0) is 22.8. The van der Waals surface area contributed by atoms with Crippen molar-refractivity contribution in [2.45, 2.75) is 56.4 Å². The van der Waals surface area contributed by atoms with Crippen LogP contribution in [-0.2, 0) is 4.79 Å². The molecule has 1 aliphatic rings. The number of carbonyl (C=O) groups is 2. The van der Waals surface area contributed by atoms with Crippen molar-refractivity contribution in [2.24, 2.45) is 0 Å². The van der Waals surface area contributed by atoms with Crippen molar-refractivity contribution in [1.82, 2.24) is 10.2 Å². The van der Waals surface area contributed by atoms with Crippen LogP contribution in [0, 0.1) is 6.92 Å². The fourth-order valence-electron chi connectivity index (χ4n) is 3.96. The molecule has 2 amide bonds. The number of ether oxygens (including phenoxy) is 1. The van der Waals surface area contributed by atoms with Gasteiger partial charge in [0.2, 0.25) is 5.91 Å². The maximum absolute atomic E-state index is 12.7. The summed E-state index contributed by atoms with van der Waals surface area (Å²) < 4.78 is 5.74. The Morgan fingerprint density at radius 2 is 1.88 bits per heavy atom. The molecule has 2 aromatic carbocycles. The summed E-state index contributed by atoms with van der Waals surface area (Å²) >= 11 is 1.44. The van der Waals surface area contributed by atoms with Gasteiger partial charge in [-0.3, -0.25) is 9.59 Å². The summed E-state index contributed by atoms with van der Waals surface area (Å²) in [5.41, 5.74) is 1.78. The van der Waals surface area contributed by atoms with Crippen LogP contribution in [0.4, 0.5) is 0 Å². The quantitative estimate of drug-likeness (QED) is 0.402. The summed E-state index contributed by atoms with van der Waals surface area (Å²) in [6.07, 6.45) is 6.59. The van der Waals surface area contributed by atoms with Crippen LogP contribution in [0.3, 0.4) is 0 Å². The van der Waals surface area contributed by atoms with E-state index in [1.165, 1.54) is 31.0 Å². The number of aryl methyl sites for hydroxylation is 1. The lowest BCUT2D eigenvalue weighted by Gasteiger charge is -2.31. The van der Waals surface area contributed by atoms with E-state index >= 15 is 0 Å². The van der Waals surface area contributed by atoms with Crippen molar-refractivity contribution in [3.05, 3.63) is 59.7 Å². The van der Waals surface area contributed by atoms with Crippen LogP contribution in [0.25, 0.3) is 0 Å². The van der Waals surface area contributed by atoms with Gasteiger partial charge in [-0.1, -0.05) is 43.5 Å². The molecule has 6 heteroatoms. The monoisotopic (exact) mass is 454 g/mol. The van der Waals surface area contributed by atoms with Crippen molar-refractivity contribution in [3.8, 4) is 5.75 Å². The summed E-state index contributed by atoms with van der Waals surface area (Å²) in [5.74, 6) is 1.21. The summed E-state index contributed by atoms with van der Waals surface area (Å²) in [7, 11) is 1.91. The number of carbonyl (C=O) groups excluding carboxylic acids is 2. The summed E-state index contributed by atoms with van der Waals surface area (Å²) in [6, 6.07) is 15.8. The van der Waals surface area contributed by atoms with E-state index in [1.807, 2.05) is 67.4 Å². The fraction of sp³-hybridized carbons (Fsp3) is 0.462. The molecule has 1 fully saturated rings. The first-order valence-electron chi connectivity index (χ1n) is 11.5. The number of hydrogen-bond acceptors (Lipinski definition) is 4. The Morgan fingerprint density at radius 1 is 1.09 bits per heavy atom. The summed E-state index contributed by atoms with van der Waals surface area (Å²) in [6.45, 7) is 3.11. The predicted molar refractivity (Wildman–Crippen MR) is 130 cm³/mol. The normalized spacial score (nSPS) is 14.1. The van der Waals surface area contributed by atoms with Gasteiger partial charge in [-0.05, 0) is 56.0 Å². The van der Waals surface area contributed by atoms with Gasteiger partial charge in [0.1, 0.15) is 5.75 Å². The van der Waals surface area contributed by atoms with Crippen LogP contribution in [0.1, 0.15) is 54.4 Å². The van der Waals surface area contributed by atoms with E-state index in [9.17, 15) is 9.59 Å². The van der Waals surface area contributed by atoms with Crippen LogP contribution < -0.4 is 10.1 Å². The van der Waals surface area contributed by atoms with Crippen LogP contribution in [0.5, 0.6) is 5.75 Å². The van der Waals surface area contributed by atoms with Gasteiger partial charge >= 0.3 is 0 Å². The van der Waals surface area contributed by atoms with E-state index in [4.69, 9.17) is 4.74 Å². The van der Waals surface area contributed by atoms with Crippen LogP contribution in [0.15, 0.2) is 53.4 Å². The number of rotatable bonds is 10. The molecule has 0 bridgehead atoms. The minimum absolute atomic E-state index is 0.114. The van der Waals surface area contributed by atoms with Crippen LogP contribution in [-0.4, -0.2) is 48.7 Å². The molecule has 5 nitrogen and oxygen atoms in total. The third-order valence-electron chi connectivity index (χ3n) is 5.86. The van der Waals surface area contributed by atoms with Gasteiger partial charge in [-0.25, -0.2) is 0 Å². The first kappa shape index (κ1) is 24.2. The van der Waals surface area contributed by atoms with E-state index in [0.717, 1.165) is 35.5 Å². The highest BCUT2D eigenvalue weighted by Gasteiger charge is 2.22. The lowest BCUT2D eigenvalue weighted by Crippen LogP contribution is -2.39. The molecule has 1 saturated carbocycles. The molecule has 3 rings (SSSR count). The molecule has 0 spiro atoms. The molecule has 1 aliphatic carbocycles. The Kier molecular flexibility index (Phi) is 9.47.